The highest BCUT2D eigenvalue weighted by molar-refractivity contribution is 8.00. The molecule has 7 atom stereocenters. The fourth-order valence-electron chi connectivity index (χ4n) is 6.09. The molecule has 5 rings (SSSR count). The Bertz CT molecular complexity index is 1420. The lowest BCUT2D eigenvalue weighted by Gasteiger charge is -2.49. The second-order valence-electron chi connectivity index (χ2n) is 11.8. The molecule has 234 valence electrons. The SMILES string of the molecule is CO[C@@H]1[C@@H](n2cc(-c3cc(F)c(F)c(F)c3)nn2)[C@@H](O)[C@@H](CO)O[C@H]1SC(c1ccccc1C)[C@@]1(O)CCOC(C)(C)C1. The van der Waals surface area contributed by atoms with Gasteiger partial charge in [0.15, 0.2) is 17.5 Å². The molecule has 0 aliphatic carbocycles. The molecule has 0 amide bonds. The summed E-state index contributed by atoms with van der Waals surface area (Å²) in [6, 6.07) is 8.40. The Labute approximate surface area is 252 Å². The minimum atomic E-state index is -1.60. The van der Waals surface area contributed by atoms with E-state index in [4.69, 9.17) is 14.2 Å². The van der Waals surface area contributed by atoms with E-state index in [0.717, 1.165) is 23.3 Å². The van der Waals surface area contributed by atoms with Crippen LogP contribution in [0.3, 0.4) is 0 Å². The molecule has 2 aliphatic heterocycles. The van der Waals surface area contributed by atoms with Crippen molar-refractivity contribution in [3.8, 4) is 11.3 Å². The summed E-state index contributed by atoms with van der Waals surface area (Å²) < 4.78 is 60.7. The number of aliphatic hydroxyl groups is 3. The van der Waals surface area contributed by atoms with Gasteiger partial charge in [-0.25, -0.2) is 17.9 Å². The van der Waals surface area contributed by atoms with Gasteiger partial charge in [-0.05, 0) is 44.0 Å². The normalized spacial score (nSPS) is 29.9. The maximum Gasteiger partial charge on any atom is 0.194 e. The molecule has 2 fully saturated rings. The van der Waals surface area contributed by atoms with E-state index in [0.29, 0.717) is 19.4 Å². The van der Waals surface area contributed by atoms with Crippen molar-refractivity contribution in [1.29, 1.82) is 0 Å². The first-order valence-corrected chi connectivity index (χ1v) is 14.9. The Morgan fingerprint density at radius 2 is 1.88 bits per heavy atom. The molecule has 13 heteroatoms. The number of rotatable bonds is 8. The Morgan fingerprint density at radius 3 is 2.51 bits per heavy atom. The quantitative estimate of drug-likeness (QED) is 0.319. The van der Waals surface area contributed by atoms with Gasteiger partial charge in [-0.3, -0.25) is 0 Å². The lowest BCUT2D eigenvalue weighted by Crippen LogP contribution is -2.56. The van der Waals surface area contributed by atoms with Crippen molar-refractivity contribution in [3.05, 3.63) is 71.2 Å². The number of halogens is 3. The van der Waals surface area contributed by atoms with E-state index in [1.807, 2.05) is 45.0 Å². The molecule has 3 aromatic rings. The third kappa shape index (κ3) is 6.35. The highest BCUT2D eigenvalue weighted by atomic mass is 32.2. The average molecular weight is 624 g/mol. The van der Waals surface area contributed by atoms with E-state index < -0.39 is 70.3 Å². The minimum absolute atomic E-state index is 0.0348. The van der Waals surface area contributed by atoms with Gasteiger partial charge in [-0.2, -0.15) is 0 Å². The third-order valence-corrected chi connectivity index (χ3v) is 9.79. The maximum atomic E-state index is 13.9. The van der Waals surface area contributed by atoms with Gasteiger partial charge >= 0.3 is 0 Å². The molecular formula is C30H36F3N3O6S. The number of aromatic nitrogens is 3. The summed E-state index contributed by atoms with van der Waals surface area (Å²) in [5.74, 6) is -4.35. The highest BCUT2D eigenvalue weighted by Crippen LogP contribution is 2.52. The topological polar surface area (TPSA) is 119 Å². The van der Waals surface area contributed by atoms with Crippen LogP contribution in [0.4, 0.5) is 13.2 Å². The van der Waals surface area contributed by atoms with Crippen LogP contribution in [-0.2, 0) is 14.2 Å². The second kappa shape index (κ2) is 12.5. The van der Waals surface area contributed by atoms with E-state index in [2.05, 4.69) is 10.3 Å². The van der Waals surface area contributed by atoms with Gasteiger partial charge in [0.05, 0.1) is 35.9 Å². The van der Waals surface area contributed by atoms with E-state index >= 15 is 0 Å². The van der Waals surface area contributed by atoms with Gasteiger partial charge < -0.3 is 29.5 Å². The van der Waals surface area contributed by atoms with Crippen molar-refractivity contribution in [1.82, 2.24) is 15.0 Å². The summed E-state index contributed by atoms with van der Waals surface area (Å²) in [5, 5.41) is 41.2. The lowest BCUT2D eigenvalue weighted by atomic mass is 9.79. The fraction of sp³-hybridized carbons (Fsp3) is 0.533. The summed E-state index contributed by atoms with van der Waals surface area (Å²) in [7, 11) is 1.44. The molecule has 1 aromatic heterocycles. The summed E-state index contributed by atoms with van der Waals surface area (Å²) in [5.41, 5.74) is -0.735. The zero-order valence-electron chi connectivity index (χ0n) is 24.3. The predicted octanol–water partition coefficient (Wildman–Crippen LogP) is 4.10. The van der Waals surface area contributed by atoms with Gasteiger partial charge in [-0.1, -0.05) is 29.5 Å². The Kier molecular flexibility index (Phi) is 9.25. The van der Waals surface area contributed by atoms with Crippen LogP contribution >= 0.6 is 11.8 Å². The summed E-state index contributed by atoms with van der Waals surface area (Å²) >= 11 is 1.32. The number of benzene rings is 2. The maximum absolute atomic E-state index is 13.9. The number of aliphatic hydroxyl groups excluding tert-OH is 2. The molecule has 2 aliphatic rings. The number of nitrogens with zero attached hydrogens (tertiary/aromatic N) is 3. The molecule has 0 radical (unpaired) electrons. The number of aryl methyl sites for hydroxylation is 1. The van der Waals surface area contributed by atoms with Gasteiger partial charge in [0.1, 0.15) is 35.5 Å². The number of thioether (sulfide) groups is 1. The average Bonchev–Trinajstić information content (AvgIpc) is 3.44. The number of methoxy groups -OCH3 is 1. The summed E-state index contributed by atoms with van der Waals surface area (Å²) in [6.07, 6.45) is -1.16. The zero-order valence-corrected chi connectivity index (χ0v) is 25.1. The van der Waals surface area contributed by atoms with Crippen molar-refractivity contribution in [2.45, 2.75) is 79.9 Å². The van der Waals surface area contributed by atoms with Crippen LogP contribution in [0.5, 0.6) is 0 Å². The number of hydrogen-bond acceptors (Lipinski definition) is 9. The molecule has 3 N–H and O–H groups in total. The summed E-state index contributed by atoms with van der Waals surface area (Å²) in [6.45, 7) is 5.66. The van der Waals surface area contributed by atoms with Crippen LogP contribution in [-0.4, -0.2) is 85.6 Å². The van der Waals surface area contributed by atoms with E-state index in [1.54, 1.807) is 0 Å². The van der Waals surface area contributed by atoms with Crippen LogP contribution in [0.25, 0.3) is 11.3 Å². The molecule has 9 nitrogen and oxygen atoms in total. The predicted molar refractivity (Wildman–Crippen MR) is 153 cm³/mol. The Morgan fingerprint density at radius 1 is 1.19 bits per heavy atom. The molecule has 0 saturated carbocycles. The van der Waals surface area contributed by atoms with Gasteiger partial charge in [0, 0.05) is 25.5 Å². The molecule has 0 spiro atoms. The highest BCUT2D eigenvalue weighted by Gasteiger charge is 2.52. The fourth-order valence-corrected chi connectivity index (χ4v) is 7.86. The molecule has 3 heterocycles. The van der Waals surface area contributed by atoms with Crippen LogP contribution < -0.4 is 0 Å². The Hall–Kier alpha value is -2.52. The second-order valence-corrected chi connectivity index (χ2v) is 13.0. The Balaban J connectivity index is 1.52. The van der Waals surface area contributed by atoms with Gasteiger partial charge in [0.25, 0.3) is 0 Å². The van der Waals surface area contributed by atoms with Crippen LogP contribution in [0.1, 0.15) is 49.1 Å². The van der Waals surface area contributed by atoms with Crippen molar-refractivity contribution in [2.75, 3.05) is 20.3 Å². The smallest absolute Gasteiger partial charge is 0.194 e. The van der Waals surface area contributed by atoms with Gasteiger partial charge in [-0.15, -0.1) is 16.9 Å². The largest absolute Gasteiger partial charge is 0.394 e. The first kappa shape index (κ1) is 31.9. The lowest BCUT2D eigenvalue weighted by molar-refractivity contribution is -0.187. The van der Waals surface area contributed by atoms with Gasteiger partial charge in [0.2, 0.25) is 0 Å². The third-order valence-electron chi connectivity index (χ3n) is 8.18. The molecule has 2 saturated heterocycles. The standard InChI is InChI=1S/C30H36F3N3O6S/c1-16-7-5-6-8-18(16)27(30(39)9-10-41-29(2,3)15-30)43-28-26(40-4)24(25(38)22(14-37)42-28)36-13-21(34-35-36)17-11-19(31)23(33)20(32)12-17/h5-8,11-13,22,24-28,37-39H,9-10,14-15H2,1-4H3/t22-,24+,25+,26-,27?,28+,30-/m1/s1. The molecule has 1 unspecified atom stereocenters. The monoisotopic (exact) mass is 623 g/mol. The van der Waals surface area contributed by atoms with E-state index in [1.165, 1.54) is 29.8 Å². The molecule has 2 aromatic carbocycles. The minimum Gasteiger partial charge on any atom is -0.394 e. The summed E-state index contributed by atoms with van der Waals surface area (Å²) in [4.78, 5) is 0. The van der Waals surface area contributed by atoms with Crippen LogP contribution in [0.15, 0.2) is 42.6 Å². The number of ether oxygens (including phenoxy) is 3. The van der Waals surface area contributed by atoms with Crippen LogP contribution in [0, 0.1) is 24.4 Å². The molecular weight excluding hydrogens is 587 g/mol. The van der Waals surface area contributed by atoms with E-state index in [9.17, 15) is 28.5 Å². The van der Waals surface area contributed by atoms with Crippen molar-refractivity contribution >= 4 is 11.8 Å². The zero-order chi connectivity index (χ0) is 31.1. The number of hydrogen-bond donors (Lipinski definition) is 3. The van der Waals surface area contributed by atoms with Crippen LogP contribution in [0.2, 0.25) is 0 Å². The van der Waals surface area contributed by atoms with E-state index in [-0.39, 0.29) is 11.3 Å². The molecule has 43 heavy (non-hydrogen) atoms. The first-order chi connectivity index (χ1) is 20.4. The van der Waals surface area contributed by atoms with Crippen molar-refractivity contribution in [3.63, 3.8) is 0 Å². The first-order valence-electron chi connectivity index (χ1n) is 14.0. The van der Waals surface area contributed by atoms with Crippen molar-refractivity contribution in [2.24, 2.45) is 0 Å². The molecule has 0 bridgehead atoms. The van der Waals surface area contributed by atoms with Crippen molar-refractivity contribution < 1.29 is 42.7 Å².